The molecule has 0 saturated heterocycles. The lowest BCUT2D eigenvalue weighted by atomic mass is 9.68. The van der Waals surface area contributed by atoms with Gasteiger partial charge in [-0.15, -0.1) is 0 Å². The summed E-state index contributed by atoms with van der Waals surface area (Å²) in [5.74, 6) is 0. The molecule has 0 amide bonds. The van der Waals surface area contributed by atoms with Crippen LogP contribution in [-0.4, -0.2) is 34.3 Å². The summed E-state index contributed by atoms with van der Waals surface area (Å²) < 4.78 is 1.05. The Morgan fingerprint density at radius 3 is 1.29 bits per heavy atom. The van der Waals surface area contributed by atoms with E-state index in [1.165, 1.54) is 0 Å². The molecule has 4 aromatic rings. The van der Waals surface area contributed by atoms with Crippen molar-refractivity contribution in [3.63, 3.8) is 0 Å². The average Bonchev–Trinajstić information content (AvgIpc) is 2.65. The number of hydrogen-bond donors (Lipinski definition) is 4. The lowest BCUT2D eigenvalue weighted by Crippen LogP contribution is -2.37. The first kappa shape index (κ1) is 19.6. The summed E-state index contributed by atoms with van der Waals surface area (Å²) in [6, 6.07) is 18.8. The monoisotopic (exact) mass is 498 g/mol. The maximum absolute atomic E-state index is 10.2. The summed E-state index contributed by atoms with van der Waals surface area (Å²) in [6.45, 7) is 0. The minimum Gasteiger partial charge on any atom is -0.423 e. The van der Waals surface area contributed by atoms with Crippen molar-refractivity contribution in [1.82, 2.24) is 0 Å². The molecule has 0 aliphatic rings. The molecule has 0 heterocycles. The van der Waals surface area contributed by atoms with Gasteiger partial charge in [0.05, 0.1) is 0 Å². The molecule has 0 saturated carbocycles. The van der Waals surface area contributed by atoms with E-state index in [2.05, 4.69) is 31.9 Å². The van der Waals surface area contributed by atoms with Gasteiger partial charge in [0.25, 0.3) is 0 Å². The Bertz CT molecular complexity index is 1120. The lowest BCUT2D eigenvalue weighted by molar-refractivity contribution is 0.424. The molecule has 4 N–H and O–H groups in total. The summed E-state index contributed by atoms with van der Waals surface area (Å²) >= 11 is 6.91. The summed E-state index contributed by atoms with van der Waals surface area (Å²) in [5, 5.41) is 44.0. The summed E-state index contributed by atoms with van der Waals surface area (Å²) in [6.07, 6.45) is 0. The Morgan fingerprint density at radius 1 is 0.571 bits per heavy atom. The minimum atomic E-state index is -1.75. The molecule has 0 aliphatic heterocycles. The van der Waals surface area contributed by atoms with Crippen LogP contribution < -0.4 is 10.9 Å². The van der Waals surface area contributed by atoms with E-state index in [0.717, 1.165) is 21.5 Å². The zero-order valence-corrected chi connectivity index (χ0v) is 17.6. The normalized spacial score (nSPS) is 11.2. The Labute approximate surface area is 179 Å². The SMILES string of the molecule is OB(O)c1c(Br)cc2ccccc2c1-c1c(B(O)O)c(Br)cc2ccccc12. The van der Waals surface area contributed by atoms with Gasteiger partial charge in [-0.25, -0.2) is 0 Å². The van der Waals surface area contributed by atoms with Crippen LogP contribution in [0.4, 0.5) is 0 Å². The van der Waals surface area contributed by atoms with Crippen LogP contribution in [0.3, 0.4) is 0 Å². The molecule has 4 aromatic carbocycles. The molecule has 0 fully saturated rings. The molecule has 0 bridgehead atoms. The van der Waals surface area contributed by atoms with E-state index in [1.54, 1.807) is 0 Å². The van der Waals surface area contributed by atoms with E-state index in [9.17, 15) is 20.1 Å². The van der Waals surface area contributed by atoms with Crippen molar-refractivity contribution >= 4 is 78.6 Å². The summed E-state index contributed by atoms with van der Waals surface area (Å²) in [5.41, 5.74) is 1.62. The first-order chi connectivity index (χ1) is 13.4. The summed E-state index contributed by atoms with van der Waals surface area (Å²) in [4.78, 5) is 0. The molecule has 0 aromatic heterocycles. The fourth-order valence-corrected chi connectivity index (χ4v) is 5.00. The van der Waals surface area contributed by atoms with Crippen molar-refractivity contribution in [3.8, 4) is 11.1 Å². The third-order valence-electron chi connectivity index (χ3n) is 4.84. The van der Waals surface area contributed by atoms with Gasteiger partial charge >= 0.3 is 14.2 Å². The third kappa shape index (κ3) is 3.20. The number of rotatable bonds is 3. The van der Waals surface area contributed by atoms with Gasteiger partial charge < -0.3 is 20.1 Å². The smallest absolute Gasteiger partial charge is 0.423 e. The Balaban J connectivity index is 2.31. The molecular formula is C20H14B2Br2O4. The first-order valence-corrected chi connectivity index (χ1v) is 10.1. The van der Waals surface area contributed by atoms with Crippen LogP contribution in [0.15, 0.2) is 69.6 Å². The van der Waals surface area contributed by atoms with Crippen molar-refractivity contribution in [1.29, 1.82) is 0 Å². The largest absolute Gasteiger partial charge is 0.490 e. The van der Waals surface area contributed by atoms with Crippen LogP contribution in [0, 0.1) is 0 Å². The van der Waals surface area contributed by atoms with Gasteiger partial charge in [-0.05, 0) is 44.8 Å². The minimum absolute atomic E-state index is 0.267. The fraction of sp³-hybridized carbons (Fsp3) is 0. The highest BCUT2D eigenvalue weighted by Crippen LogP contribution is 2.36. The third-order valence-corrected chi connectivity index (χ3v) is 6.16. The van der Waals surface area contributed by atoms with Crippen molar-refractivity contribution in [2.45, 2.75) is 0 Å². The number of hydrogen-bond acceptors (Lipinski definition) is 4. The average molecular weight is 500 g/mol. The highest BCUT2D eigenvalue weighted by molar-refractivity contribution is 9.11. The molecule has 8 heteroatoms. The van der Waals surface area contributed by atoms with Crippen molar-refractivity contribution < 1.29 is 20.1 Å². The van der Waals surface area contributed by atoms with Crippen molar-refractivity contribution in [2.75, 3.05) is 0 Å². The maximum atomic E-state index is 10.2. The Hall–Kier alpha value is -1.67. The highest BCUT2D eigenvalue weighted by Gasteiger charge is 2.29. The number of benzene rings is 4. The molecular weight excluding hydrogens is 486 g/mol. The predicted molar refractivity (Wildman–Crippen MR) is 122 cm³/mol. The highest BCUT2D eigenvalue weighted by atomic mass is 79.9. The van der Waals surface area contributed by atoms with Crippen LogP contribution in [0.1, 0.15) is 0 Å². The quantitative estimate of drug-likeness (QED) is 0.327. The molecule has 4 rings (SSSR count). The van der Waals surface area contributed by atoms with E-state index in [1.807, 2.05) is 60.7 Å². The molecule has 0 unspecified atom stereocenters. The van der Waals surface area contributed by atoms with Crippen molar-refractivity contribution in [2.24, 2.45) is 0 Å². The number of halogens is 2. The van der Waals surface area contributed by atoms with Gasteiger partial charge in [-0.3, -0.25) is 0 Å². The van der Waals surface area contributed by atoms with Gasteiger partial charge in [0.1, 0.15) is 0 Å². The Kier molecular flexibility index (Phi) is 5.35. The second kappa shape index (κ2) is 7.63. The molecule has 0 aliphatic carbocycles. The number of fused-ring (bicyclic) bond motifs is 2. The lowest BCUT2D eigenvalue weighted by Gasteiger charge is -2.21. The van der Waals surface area contributed by atoms with Gasteiger partial charge in [0.2, 0.25) is 0 Å². The van der Waals surface area contributed by atoms with Crippen LogP contribution in [-0.2, 0) is 0 Å². The first-order valence-electron chi connectivity index (χ1n) is 8.55. The fourth-order valence-electron chi connectivity index (χ4n) is 3.70. The van der Waals surface area contributed by atoms with E-state index >= 15 is 0 Å². The van der Waals surface area contributed by atoms with Gasteiger partial charge in [-0.1, -0.05) is 80.4 Å². The molecule has 138 valence electrons. The Morgan fingerprint density at radius 2 is 0.929 bits per heavy atom. The zero-order valence-electron chi connectivity index (χ0n) is 14.5. The van der Waals surface area contributed by atoms with Crippen LogP contribution in [0.25, 0.3) is 32.7 Å². The molecule has 0 spiro atoms. The zero-order chi connectivity index (χ0) is 20.0. The molecule has 0 atom stereocenters. The van der Waals surface area contributed by atoms with E-state index in [0.29, 0.717) is 20.1 Å². The molecule has 28 heavy (non-hydrogen) atoms. The van der Waals surface area contributed by atoms with Crippen LogP contribution >= 0.6 is 31.9 Å². The topological polar surface area (TPSA) is 80.9 Å². The van der Waals surface area contributed by atoms with E-state index in [4.69, 9.17) is 0 Å². The van der Waals surface area contributed by atoms with Gasteiger partial charge in [0.15, 0.2) is 0 Å². The predicted octanol–water partition coefficient (Wildman–Crippen LogP) is 2.54. The summed E-state index contributed by atoms with van der Waals surface area (Å²) in [7, 11) is -3.51. The van der Waals surface area contributed by atoms with Crippen LogP contribution in [0.2, 0.25) is 0 Å². The van der Waals surface area contributed by atoms with Crippen molar-refractivity contribution in [3.05, 3.63) is 69.6 Å². The molecule has 4 nitrogen and oxygen atoms in total. The van der Waals surface area contributed by atoms with E-state index in [-0.39, 0.29) is 10.9 Å². The maximum Gasteiger partial charge on any atom is 0.490 e. The van der Waals surface area contributed by atoms with E-state index < -0.39 is 14.2 Å². The second-order valence-corrected chi connectivity index (χ2v) is 8.19. The second-order valence-electron chi connectivity index (χ2n) is 6.48. The van der Waals surface area contributed by atoms with Crippen LogP contribution in [0.5, 0.6) is 0 Å². The molecule has 0 radical (unpaired) electrons. The standard InChI is InChI=1S/C20H14B2Br2O4/c23-15-9-11-5-1-3-7-13(11)17(19(15)21(25)26)18-14-8-4-2-6-12(14)10-16(24)20(18)22(27)28/h1-10,25-28H. The van der Waals surface area contributed by atoms with Gasteiger partial charge in [-0.2, -0.15) is 0 Å². The van der Waals surface area contributed by atoms with Gasteiger partial charge in [0, 0.05) is 19.9 Å².